The van der Waals surface area contributed by atoms with E-state index in [1.54, 1.807) is 7.11 Å². The molecule has 0 aliphatic carbocycles. The van der Waals surface area contributed by atoms with Crippen molar-refractivity contribution in [3.05, 3.63) is 23.3 Å². The van der Waals surface area contributed by atoms with E-state index in [1.165, 1.54) is 19.2 Å². The quantitative estimate of drug-likeness (QED) is 0.540. The Balaban J connectivity index is 2.27. The second kappa shape index (κ2) is 7.30. The molecule has 6 N–H and O–H groups in total. The van der Waals surface area contributed by atoms with E-state index in [2.05, 4.69) is 10.6 Å². The molecule has 1 aromatic rings. The number of carbonyl (C=O) groups is 2. The highest BCUT2D eigenvalue weighted by atomic mass is 16.5. The van der Waals surface area contributed by atoms with E-state index in [4.69, 9.17) is 20.9 Å². The normalized spacial score (nSPS) is 20.8. The fourth-order valence-electron chi connectivity index (χ4n) is 2.64. The number of methoxy groups -OCH3 is 2. The minimum absolute atomic E-state index is 0.0875. The molecule has 2 atom stereocenters. The summed E-state index contributed by atoms with van der Waals surface area (Å²) in [7, 11) is 3.03. The van der Waals surface area contributed by atoms with Crippen LogP contribution in [0.5, 0.6) is 5.75 Å². The lowest BCUT2D eigenvalue weighted by atomic mass is 10.0. The van der Waals surface area contributed by atoms with Crippen LogP contribution in [0.1, 0.15) is 27.1 Å². The van der Waals surface area contributed by atoms with Gasteiger partial charge in [-0.05, 0) is 19.0 Å². The van der Waals surface area contributed by atoms with Gasteiger partial charge in [-0.2, -0.15) is 0 Å². The fraction of sp³-hybridized carbons (Fsp3) is 0.467. The number of nitrogens with two attached hydrogens (primary N) is 2. The smallest absolute Gasteiger partial charge is 0.255 e. The number of piperidine rings is 1. The molecule has 2 rings (SSSR count). The van der Waals surface area contributed by atoms with Gasteiger partial charge in [0.05, 0.1) is 30.4 Å². The third-order valence-electron chi connectivity index (χ3n) is 3.93. The van der Waals surface area contributed by atoms with Gasteiger partial charge >= 0.3 is 0 Å². The van der Waals surface area contributed by atoms with Crippen molar-refractivity contribution in [1.82, 2.24) is 10.6 Å². The molecule has 23 heavy (non-hydrogen) atoms. The van der Waals surface area contributed by atoms with Crippen molar-refractivity contribution in [2.75, 3.05) is 33.0 Å². The molecule has 1 saturated heterocycles. The molecular formula is C15H22N4O4. The van der Waals surface area contributed by atoms with Crippen LogP contribution in [0.2, 0.25) is 0 Å². The maximum atomic E-state index is 12.6. The zero-order valence-corrected chi connectivity index (χ0v) is 13.2. The summed E-state index contributed by atoms with van der Waals surface area (Å²) < 4.78 is 10.6. The number of anilines is 1. The van der Waals surface area contributed by atoms with Gasteiger partial charge in [0.2, 0.25) is 0 Å². The van der Waals surface area contributed by atoms with Crippen LogP contribution in [0.4, 0.5) is 5.69 Å². The van der Waals surface area contributed by atoms with Crippen molar-refractivity contribution >= 4 is 17.5 Å². The molecule has 1 fully saturated rings. The summed E-state index contributed by atoms with van der Waals surface area (Å²) in [5.41, 5.74) is 11.5. The van der Waals surface area contributed by atoms with E-state index in [9.17, 15) is 9.59 Å². The van der Waals surface area contributed by atoms with Crippen LogP contribution in [0.25, 0.3) is 0 Å². The Kier molecular flexibility index (Phi) is 5.41. The summed E-state index contributed by atoms with van der Waals surface area (Å²) in [5, 5.41) is 6.12. The number of carbonyl (C=O) groups excluding carboxylic acids is 2. The first-order valence-corrected chi connectivity index (χ1v) is 7.29. The largest absolute Gasteiger partial charge is 0.496 e. The first-order valence-electron chi connectivity index (χ1n) is 7.29. The number of nitrogen functional groups attached to an aromatic ring is 1. The van der Waals surface area contributed by atoms with E-state index in [1.807, 2.05) is 0 Å². The fourth-order valence-corrected chi connectivity index (χ4v) is 2.64. The van der Waals surface area contributed by atoms with Gasteiger partial charge in [0.1, 0.15) is 5.75 Å². The molecule has 0 aromatic heterocycles. The van der Waals surface area contributed by atoms with Gasteiger partial charge < -0.3 is 31.6 Å². The van der Waals surface area contributed by atoms with Gasteiger partial charge in [0.15, 0.2) is 0 Å². The first kappa shape index (κ1) is 17.0. The summed E-state index contributed by atoms with van der Waals surface area (Å²) >= 11 is 0. The summed E-state index contributed by atoms with van der Waals surface area (Å²) in [5.74, 6) is -0.776. The molecule has 1 heterocycles. The lowest BCUT2D eigenvalue weighted by molar-refractivity contribution is 0.0476. The summed E-state index contributed by atoms with van der Waals surface area (Å²) in [6.45, 7) is 1.45. The average molecular weight is 322 g/mol. The van der Waals surface area contributed by atoms with Gasteiger partial charge in [-0.15, -0.1) is 0 Å². The SMILES string of the molecule is COc1cc(N)c(C(N)=O)cc1C(=O)N[C@H]1CCNC[C@H]1OC. The molecule has 8 nitrogen and oxygen atoms in total. The monoisotopic (exact) mass is 322 g/mol. The topological polar surface area (TPSA) is 129 Å². The third-order valence-corrected chi connectivity index (χ3v) is 3.93. The average Bonchev–Trinajstić information content (AvgIpc) is 2.54. The van der Waals surface area contributed by atoms with E-state index in [0.717, 1.165) is 13.0 Å². The minimum Gasteiger partial charge on any atom is -0.496 e. The number of rotatable bonds is 5. The van der Waals surface area contributed by atoms with E-state index >= 15 is 0 Å². The zero-order valence-electron chi connectivity index (χ0n) is 13.2. The Hall–Kier alpha value is -2.32. The highest BCUT2D eigenvalue weighted by Crippen LogP contribution is 2.25. The summed E-state index contributed by atoms with van der Waals surface area (Å²) in [4.78, 5) is 24.0. The lowest BCUT2D eigenvalue weighted by Gasteiger charge is -2.31. The molecule has 1 aromatic carbocycles. The van der Waals surface area contributed by atoms with Crippen molar-refractivity contribution in [2.45, 2.75) is 18.6 Å². The number of ether oxygens (including phenoxy) is 2. The second-order valence-corrected chi connectivity index (χ2v) is 5.35. The van der Waals surface area contributed by atoms with Crippen LogP contribution in [0.15, 0.2) is 12.1 Å². The Bertz CT molecular complexity index is 605. The van der Waals surface area contributed by atoms with Gasteiger partial charge in [-0.1, -0.05) is 0 Å². The zero-order chi connectivity index (χ0) is 17.0. The van der Waals surface area contributed by atoms with Crippen molar-refractivity contribution in [3.63, 3.8) is 0 Å². The first-order chi connectivity index (χ1) is 11.0. The Morgan fingerprint density at radius 1 is 1.30 bits per heavy atom. The number of primary amides is 1. The maximum Gasteiger partial charge on any atom is 0.255 e. The van der Waals surface area contributed by atoms with E-state index in [0.29, 0.717) is 6.54 Å². The standard InChI is InChI=1S/C15H22N4O4/c1-22-12-6-10(16)8(14(17)20)5-9(12)15(21)19-11-3-4-18-7-13(11)23-2/h5-6,11,13,18H,3-4,7,16H2,1-2H3,(H2,17,20)(H,19,21)/t11-,13+/m0/s1. The third kappa shape index (κ3) is 3.72. The van der Waals surface area contributed by atoms with Crippen molar-refractivity contribution in [1.29, 1.82) is 0 Å². The van der Waals surface area contributed by atoms with E-state index in [-0.39, 0.29) is 40.6 Å². The molecule has 8 heteroatoms. The molecule has 0 radical (unpaired) electrons. The number of benzene rings is 1. The van der Waals surface area contributed by atoms with Crippen LogP contribution in [-0.2, 0) is 4.74 Å². The molecule has 0 spiro atoms. The van der Waals surface area contributed by atoms with Crippen molar-refractivity contribution in [3.8, 4) is 5.75 Å². The summed E-state index contributed by atoms with van der Waals surface area (Å²) in [6.07, 6.45) is 0.618. The maximum absolute atomic E-state index is 12.6. The van der Waals surface area contributed by atoms with Gasteiger partial charge in [-0.25, -0.2) is 0 Å². The molecule has 0 bridgehead atoms. The summed E-state index contributed by atoms with van der Waals surface area (Å²) in [6, 6.07) is 2.65. The Labute approximate surface area is 134 Å². The minimum atomic E-state index is -0.698. The number of hydrogen-bond acceptors (Lipinski definition) is 6. The number of nitrogens with one attached hydrogen (secondary N) is 2. The van der Waals surface area contributed by atoms with Gasteiger partial charge in [0, 0.05) is 25.4 Å². The molecule has 0 saturated carbocycles. The number of hydrogen-bond donors (Lipinski definition) is 4. The van der Waals surface area contributed by atoms with Crippen molar-refractivity contribution < 1.29 is 19.1 Å². The predicted octanol–water partition coefficient (Wildman–Crippen LogP) is -0.517. The van der Waals surface area contributed by atoms with Crippen LogP contribution < -0.4 is 26.8 Å². The molecule has 126 valence electrons. The van der Waals surface area contributed by atoms with E-state index < -0.39 is 5.91 Å². The predicted molar refractivity (Wildman–Crippen MR) is 85.5 cm³/mol. The molecule has 0 unspecified atom stereocenters. The Morgan fingerprint density at radius 3 is 2.65 bits per heavy atom. The van der Waals surface area contributed by atoms with Crippen LogP contribution in [0.3, 0.4) is 0 Å². The molecule has 2 amide bonds. The molecular weight excluding hydrogens is 300 g/mol. The molecule has 1 aliphatic heterocycles. The highest BCUT2D eigenvalue weighted by molar-refractivity contribution is 6.04. The second-order valence-electron chi connectivity index (χ2n) is 5.35. The van der Waals surface area contributed by atoms with Gasteiger partial charge in [-0.3, -0.25) is 9.59 Å². The van der Waals surface area contributed by atoms with Gasteiger partial charge in [0.25, 0.3) is 11.8 Å². The van der Waals surface area contributed by atoms with Crippen molar-refractivity contribution in [2.24, 2.45) is 5.73 Å². The van der Waals surface area contributed by atoms with Crippen LogP contribution >= 0.6 is 0 Å². The lowest BCUT2D eigenvalue weighted by Crippen LogP contribution is -2.53. The van der Waals surface area contributed by atoms with Crippen LogP contribution in [-0.4, -0.2) is 51.3 Å². The molecule has 1 aliphatic rings. The van der Waals surface area contributed by atoms with Crippen LogP contribution in [0, 0.1) is 0 Å². The highest BCUT2D eigenvalue weighted by Gasteiger charge is 2.28. The Morgan fingerprint density at radius 2 is 2.04 bits per heavy atom. The number of amides is 2.